The van der Waals surface area contributed by atoms with Crippen LogP contribution in [0.4, 0.5) is 0 Å². The molecule has 0 aromatic heterocycles. The Kier molecular flexibility index (Phi) is 8.29. The highest BCUT2D eigenvalue weighted by Gasteiger charge is 2.25. The van der Waals surface area contributed by atoms with Crippen molar-refractivity contribution in [2.75, 3.05) is 26.3 Å². The quantitative estimate of drug-likeness (QED) is 0.499. The maximum Gasteiger partial charge on any atom is 0.161 e. The molecule has 0 radical (unpaired) electrons. The van der Waals surface area contributed by atoms with E-state index in [0.717, 1.165) is 30.2 Å². The Morgan fingerprint density at radius 3 is 2.66 bits per heavy atom. The highest BCUT2D eigenvalue weighted by atomic mass is 16.6. The van der Waals surface area contributed by atoms with Crippen molar-refractivity contribution in [3.8, 4) is 11.5 Å². The zero-order valence-corrected chi connectivity index (χ0v) is 18.6. The van der Waals surface area contributed by atoms with E-state index >= 15 is 0 Å². The molecule has 2 aliphatic heterocycles. The third-order valence-corrected chi connectivity index (χ3v) is 6.33. The van der Waals surface area contributed by atoms with Gasteiger partial charge in [-0.05, 0) is 50.3 Å². The lowest BCUT2D eigenvalue weighted by Gasteiger charge is -2.29. The lowest BCUT2D eigenvalue weighted by molar-refractivity contribution is 0.0985. The molecule has 0 aliphatic carbocycles. The molecule has 2 heterocycles. The summed E-state index contributed by atoms with van der Waals surface area (Å²) in [5.41, 5.74) is 4.00. The van der Waals surface area contributed by atoms with Gasteiger partial charge >= 0.3 is 0 Å². The van der Waals surface area contributed by atoms with Gasteiger partial charge in [-0.15, -0.1) is 0 Å². The molecule has 1 fully saturated rings. The van der Waals surface area contributed by atoms with Crippen molar-refractivity contribution in [2.45, 2.75) is 78.2 Å². The number of nitrogens with zero attached hydrogens (tertiary/aromatic N) is 1. The van der Waals surface area contributed by atoms with Crippen molar-refractivity contribution >= 4 is 0 Å². The maximum atomic E-state index is 11.0. The Labute approximate surface area is 176 Å². The van der Waals surface area contributed by atoms with Crippen LogP contribution >= 0.6 is 0 Å². The van der Waals surface area contributed by atoms with Gasteiger partial charge in [-0.25, -0.2) is 0 Å². The van der Waals surface area contributed by atoms with Gasteiger partial charge in [0.1, 0.15) is 13.2 Å². The monoisotopic (exact) mass is 401 g/mol. The first kappa shape index (κ1) is 22.0. The van der Waals surface area contributed by atoms with Gasteiger partial charge in [-0.2, -0.15) is 0 Å². The summed E-state index contributed by atoms with van der Waals surface area (Å²) in [6.45, 7) is 9.91. The van der Waals surface area contributed by atoms with Gasteiger partial charge in [-0.1, -0.05) is 51.2 Å². The molecule has 0 amide bonds. The molecule has 2 atom stereocenters. The number of aliphatic hydroxyl groups excluding tert-OH is 1. The SMILES string of the molecule is CCCCCCC/C(C)=C1\CCCN1C[C@@H](C)[C@H](O)c1ccc2c(c1)OCCO2. The topological polar surface area (TPSA) is 41.9 Å². The summed E-state index contributed by atoms with van der Waals surface area (Å²) < 4.78 is 11.3. The summed E-state index contributed by atoms with van der Waals surface area (Å²) >= 11 is 0. The number of aliphatic hydroxyl groups is 1. The first-order chi connectivity index (χ1) is 14.1. The lowest BCUT2D eigenvalue weighted by atomic mass is 9.96. The molecule has 1 saturated heterocycles. The standard InChI is InChI=1S/C25H39NO3/c1-4-5-6-7-8-10-19(2)22-11-9-14-26(22)18-20(3)25(27)21-12-13-23-24(17-21)29-16-15-28-23/h12-13,17,20,25,27H,4-11,14-16,18H2,1-3H3/b22-19+/t20-,25+/m1/s1. The maximum absolute atomic E-state index is 11.0. The van der Waals surface area contributed by atoms with E-state index in [4.69, 9.17) is 9.47 Å². The van der Waals surface area contributed by atoms with E-state index in [2.05, 4.69) is 25.7 Å². The molecule has 1 aromatic carbocycles. The van der Waals surface area contributed by atoms with E-state index in [1.54, 1.807) is 5.57 Å². The number of ether oxygens (including phenoxy) is 2. The predicted molar refractivity (Wildman–Crippen MR) is 118 cm³/mol. The summed E-state index contributed by atoms with van der Waals surface area (Å²) in [6, 6.07) is 5.83. The molecule has 162 valence electrons. The molecular formula is C25H39NO3. The Balaban J connectivity index is 1.57. The molecule has 4 heteroatoms. The number of hydrogen-bond donors (Lipinski definition) is 1. The minimum absolute atomic E-state index is 0.156. The molecule has 0 spiro atoms. The van der Waals surface area contributed by atoms with Gasteiger partial charge in [-0.3, -0.25) is 0 Å². The second-order valence-electron chi connectivity index (χ2n) is 8.77. The average molecular weight is 402 g/mol. The number of likely N-dealkylation sites (tertiary alicyclic amines) is 1. The first-order valence-corrected chi connectivity index (χ1v) is 11.6. The van der Waals surface area contributed by atoms with Crippen molar-refractivity contribution in [2.24, 2.45) is 5.92 Å². The van der Waals surface area contributed by atoms with Crippen LogP contribution < -0.4 is 9.47 Å². The molecule has 0 saturated carbocycles. The summed E-state index contributed by atoms with van der Waals surface area (Å²) in [7, 11) is 0. The number of hydrogen-bond acceptors (Lipinski definition) is 4. The lowest BCUT2D eigenvalue weighted by Crippen LogP contribution is -2.28. The normalized spacial score (nSPS) is 19.9. The van der Waals surface area contributed by atoms with E-state index in [1.807, 2.05) is 18.2 Å². The van der Waals surface area contributed by atoms with Crippen LogP contribution in [0.5, 0.6) is 11.5 Å². The fourth-order valence-corrected chi connectivity index (χ4v) is 4.57. The zero-order chi connectivity index (χ0) is 20.6. The summed E-state index contributed by atoms with van der Waals surface area (Å²) in [5, 5.41) is 11.0. The smallest absolute Gasteiger partial charge is 0.161 e. The fraction of sp³-hybridized carbons (Fsp3) is 0.680. The number of rotatable bonds is 10. The van der Waals surface area contributed by atoms with Crippen LogP contribution in [-0.4, -0.2) is 36.3 Å². The van der Waals surface area contributed by atoms with Gasteiger partial charge in [0, 0.05) is 24.7 Å². The van der Waals surface area contributed by atoms with E-state index < -0.39 is 6.10 Å². The Hall–Kier alpha value is -1.68. The molecule has 1 N–H and O–H groups in total. The van der Waals surface area contributed by atoms with Crippen molar-refractivity contribution < 1.29 is 14.6 Å². The summed E-state index contributed by atoms with van der Waals surface area (Å²) in [4.78, 5) is 2.52. The number of allylic oxidation sites excluding steroid dienone is 2. The van der Waals surface area contributed by atoms with Gasteiger partial charge in [0.15, 0.2) is 11.5 Å². The highest BCUT2D eigenvalue weighted by molar-refractivity contribution is 5.44. The van der Waals surface area contributed by atoms with Gasteiger partial charge in [0.2, 0.25) is 0 Å². The molecule has 0 bridgehead atoms. The minimum Gasteiger partial charge on any atom is -0.486 e. The van der Waals surface area contributed by atoms with Crippen molar-refractivity contribution in [1.29, 1.82) is 0 Å². The molecule has 2 aliphatic rings. The molecule has 1 aromatic rings. The predicted octanol–water partition coefficient (Wildman–Crippen LogP) is 5.86. The largest absolute Gasteiger partial charge is 0.486 e. The molecule has 3 rings (SSSR count). The van der Waals surface area contributed by atoms with Gasteiger partial charge in [0.25, 0.3) is 0 Å². The van der Waals surface area contributed by atoms with Gasteiger partial charge in [0.05, 0.1) is 6.10 Å². The first-order valence-electron chi connectivity index (χ1n) is 11.6. The highest BCUT2D eigenvalue weighted by Crippen LogP contribution is 2.35. The molecular weight excluding hydrogens is 362 g/mol. The second kappa shape index (κ2) is 10.9. The summed E-state index contributed by atoms with van der Waals surface area (Å²) in [6.07, 6.45) is 9.81. The Morgan fingerprint density at radius 2 is 1.86 bits per heavy atom. The minimum atomic E-state index is -0.498. The van der Waals surface area contributed by atoms with Gasteiger partial charge < -0.3 is 19.5 Å². The van der Waals surface area contributed by atoms with E-state index in [1.165, 1.54) is 57.1 Å². The third-order valence-electron chi connectivity index (χ3n) is 6.33. The van der Waals surface area contributed by atoms with E-state index in [0.29, 0.717) is 13.2 Å². The number of fused-ring (bicyclic) bond motifs is 1. The van der Waals surface area contributed by atoms with Crippen LogP contribution in [0.2, 0.25) is 0 Å². The Morgan fingerprint density at radius 1 is 1.10 bits per heavy atom. The van der Waals surface area contributed by atoms with Crippen LogP contribution in [0.1, 0.15) is 83.8 Å². The van der Waals surface area contributed by atoms with Crippen molar-refractivity contribution in [3.05, 3.63) is 35.0 Å². The van der Waals surface area contributed by atoms with Crippen molar-refractivity contribution in [3.63, 3.8) is 0 Å². The van der Waals surface area contributed by atoms with E-state index in [-0.39, 0.29) is 5.92 Å². The second-order valence-corrected chi connectivity index (χ2v) is 8.77. The van der Waals surface area contributed by atoms with Crippen LogP contribution in [0, 0.1) is 5.92 Å². The van der Waals surface area contributed by atoms with Crippen molar-refractivity contribution in [1.82, 2.24) is 4.90 Å². The van der Waals surface area contributed by atoms with Crippen LogP contribution in [0.15, 0.2) is 29.5 Å². The fourth-order valence-electron chi connectivity index (χ4n) is 4.57. The van der Waals surface area contributed by atoms with Crippen LogP contribution in [0.3, 0.4) is 0 Å². The number of unbranched alkanes of at least 4 members (excludes halogenated alkanes) is 4. The van der Waals surface area contributed by atoms with Crippen LogP contribution in [0.25, 0.3) is 0 Å². The van der Waals surface area contributed by atoms with Crippen LogP contribution in [-0.2, 0) is 0 Å². The van der Waals surface area contributed by atoms with E-state index in [9.17, 15) is 5.11 Å². The third kappa shape index (κ3) is 5.91. The molecule has 4 nitrogen and oxygen atoms in total. The Bertz CT molecular complexity index is 685. The zero-order valence-electron chi connectivity index (χ0n) is 18.6. The molecule has 0 unspecified atom stereocenters. The molecule has 29 heavy (non-hydrogen) atoms. The average Bonchev–Trinajstić information content (AvgIpc) is 3.20. The summed E-state index contributed by atoms with van der Waals surface area (Å²) in [5.74, 6) is 1.68. The number of benzene rings is 1.